The Labute approximate surface area is 81.3 Å². The van der Waals surface area contributed by atoms with Gasteiger partial charge in [-0.05, 0) is 29.9 Å². The molecule has 0 aliphatic rings. The summed E-state index contributed by atoms with van der Waals surface area (Å²) in [5, 5.41) is 0. The van der Waals surface area contributed by atoms with Gasteiger partial charge in [0.25, 0.3) is 0 Å². The maximum Gasteiger partial charge on any atom is -0.0262 e. The Balaban J connectivity index is 2.54. The molecule has 0 heterocycles. The second kappa shape index (κ2) is 4.86. The van der Waals surface area contributed by atoms with Gasteiger partial charge in [0.15, 0.2) is 0 Å². The Morgan fingerprint density at radius 2 is 1.85 bits per heavy atom. The molecule has 13 heavy (non-hydrogen) atoms. The molecule has 0 saturated heterocycles. The fourth-order valence-electron chi connectivity index (χ4n) is 1.28. The quantitative estimate of drug-likeness (QED) is 0.649. The largest absolute Gasteiger partial charge is 0.0985 e. The highest BCUT2D eigenvalue weighted by Gasteiger charge is 1.96. The summed E-state index contributed by atoms with van der Waals surface area (Å²) >= 11 is 0. The van der Waals surface area contributed by atoms with Crippen molar-refractivity contribution in [3.63, 3.8) is 0 Å². The molecule has 0 spiro atoms. The van der Waals surface area contributed by atoms with E-state index in [1.54, 1.807) is 0 Å². The molecule has 0 N–H and O–H groups in total. The van der Waals surface area contributed by atoms with Gasteiger partial charge in [-0.25, -0.2) is 0 Å². The van der Waals surface area contributed by atoms with Crippen molar-refractivity contribution in [1.29, 1.82) is 0 Å². The van der Waals surface area contributed by atoms with Crippen LogP contribution in [0.2, 0.25) is 0 Å². The first-order valence-electron chi connectivity index (χ1n) is 4.93. The zero-order valence-electron chi connectivity index (χ0n) is 8.59. The average molecular weight is 174 g/mol. The number of benzene rings is 1. The maximum atomic E-state index is 3.73. The third kappa shape index (κ3) is 3.45. The summed E-state index contributed by atoms with van der Waals surface area (Å²) in [5.41, 5.74) is 2.63. The smallest absolute Gasteiger partial charge is 0.0262 e. The molecule has 0 heteroatoms. The van der Waals surface area contributed by atoms with Crippen LogP contribution < -0.4 is 0 Å². The molecule has 70 valence electrons. The van der Waals surface area contributed by atoms with Gasteiger partial charge in [-0.15, -0.1) is 0 Å². The minimum atomic E-state index is 0.791. The van der Waals surface area contributed by atoms with E-state index in [2.05, 4.69) is 44.7 Å². The van der Waals surface area contributed by atoms with Gasteiger partial charge in [0.05, 0.1) is 0 Å². The molecule has 0 aliphatic heterocycles. The van der Waals surface area contributed by atoms with Crippen molar-refractivity contribution in [1.82, 2.24) is 0 Å². The molecule has 0 radical (unpaired) electrons. The van der Waals surface area contributed by atoms with Crippen LogP contribution in [-0.4, -0.2) is 0 Å². The van der Waals surface area contributed by atoms with Gasteiger partial charge >= 0.3 is 0 Å². The van der Waals surface area contributed by atoms with Gasteiger partial charge in [-0.1, -0.05) is 50.8 Å². The minimum absolute atomic E-state index is 0.791. The van der Waals surface area contributed by atoms with Crippen molar-refractivity contribution in [2.45, 2.75) is 26.7 Å². The maximum absolute atomic E-state index is 3.73. The lowest BCUT2D eigenvalue weighted by atomic mass is 10.0. The van der Waals surface area contributed by atoms with Crippen LogP contribution in [0.5, 0.6) is 0 Å². The highest BCUT2D eigenvalue weighted by atomic mass is 14.0. The predicted molar refractivity (Wildman–Crippen MR) is 59.7 cm³/mol. The first-order valence-corrected chi connectivity index (χ1v) is 4.93. The van der Waals surface area contributed by atoms with Crippen molar-refractivity contribution in [3.8, 4) is 0 Å². The summed E-state index contributed by atoms with van der Waals surface area (Å²) in [5.74, 6) is 0.791. The third-order valence-corrected chi connectivity index (χ3v) is 2.23. The lowest BCUT2D eigenvalue weighted by molar-refractivity contribution is 0.587. The third-order valence-electron chi connectivity index (χ3n) is 2.23. The lowest BCUT2D eigenvalue weighted by Crippen LogP contribution is -1.91. The van der Waals surface area contributed by atoms with Crippen molar-refractivity contribution in [3.05, 3.63) is 42.0 Å². The van der Waals surface area contributed by atoms with Crippen molar-refractivity contribution < 1.29 is 0 Å². The molecule has 0 aromatic heterocycles. The average Bonchev–Trinajstić information content (AvgIpc) is 2.15. The molecule has 1 aromatic rings. The van der Waals surface area contributed by atoms with Crippen LogP contribution in [-0.2, 0) is 6.42 Å². The monoisotopic (exact) mass is 174 g/mol. The second-order valence-electron chi connectivity index (χ2n) is 3.88. The van der Waals surface area contributed by atoms with Crippen molar-refractivity contribution in [2.24, 2.45) is 5.92 Å². The van der Waals surface area contributed by atoms with E-state index in [1.807, 2.05) is 6.08 Å². The van der Waals surface area contributed by atoms with Crippen LogP contribution in [0, 0.1) is 5.92 Å². The molecule has 1 rings (SSSR count). The Kier molecular flexibility index (Phi) is 3.75. The van der Waals surface area contributed by atoms with Crippen LogP contribution in [0.15, 0.2) is 30.8 Å². The summed E-state index contributed by atoms with van der Waals surface area (Å²) in [7, 11) is 0. The van der Waals surface area contributed by atoms with Crippen LogP contribution >= 0.6 is 0 Å². The fraction of sp³-hybridized carbons (Fsp3) is 0.385. The van der Waals surface area contributed by atoms with Gasteiger partial charge in [-0.3, -0.25) is 0 Å². The highest BCUT2D eigenvalue weighted by Crippen LogP contribution is 2.10. The summed E-state index contributed by atoms with van der Waals surface area (Å²) in [6, 6.07) is 8.64. The van der Waals surface area contributed by atoms with E-state index in [-0.39, 0.29) is 0 Å². The minimum Gasteiger partial charge on any atom is -0.0985 e. The zero-order chi connectivity index (χ0) is 9.68. The van der Waals surface area contributed by atoms with Crippen molar-refractivity contribution in [2.75, 3.05) is 0 Å². The molecule has 1 aromatic carbocycles. The van der Waals surface area contributed by atoms with E-state index >= 15 is 0 Å². The highest BCUT2D eigenvalue weighted by molar-refractivity contribution is 5.47. The van der Waals surface area contributed by atoms with Crippen molar-refractivity contribution >= 4 is 6.08 Å². The van der Waals surface area contributed by atoms with Crippen LogP contribution in [0.25, 0.3) is 6.08 Å². The van der Waals surface area contributed by atoms with E-state index in [4.69, 9.17) is 0 Å². The Morgan fingerprint density at radius 3 is 2.31 bits per heavy atom. The number of aryl methyl sites for hydroxylation is 1. The van der Waals surface area contributed by atoms with Gasteiger partial charge in [0.2, 0.25) is 0 Å². The molecule has 0 aliphatic carbocycles. The standard InChI is InChI=1S/C13H18/c1-4-12-7-9-13(10-8-12)6-5-11(2)3/h4,7-11H,1,5-6H2,2-3H3. The Bertz CT molecular complexity index is 254. The topological polar surface area (TPSA) is 0 Å². The number of hydrogen-bond acceptors (Lipinski definition) is 0. The van der Waals surface area contributed by atoms with E-state index in [1.165, 1.54) is 24.0 Å². The first-order chi connectivity index (χ1) is 6.22. The molecular formula is C13H18. The van der Waals surface area contributed by atoms with Gasteiger partial charge in [0.1, 0.15) is 0 Å². The molecule has 0 amide bonds. The SMILES string of the molecule is C=Cc1ccc(CCC(C)C)cc1. The summed E-state index contributed by atoms with van der Waals surface area (Å²) in [4.78, 5) is 0. The lowest BCUT2D eigenvalue weighted by Gasteiger charge is -2.04. The van der Waals surface area contributed by atoms with Gasteiger partial charge in [0, 0.05) is 0 Å². The van der Waals surface area contributed by atoms with Gasteiger partial charge in [-0.2, -0.15) is 0 Å². The fourth-order valence-corrected chi connectivity index (χ4v) is 1.28. The first kappa shape index (κ1) is 10.0. The van der Waals surface area contributed by atoms with E-state index in [9.17, 15) is 0 Å². The normalized spacial score (nSPS) is 10.4. The molecular weight excluding hydrogens is 156 g/mol. The molecule has 0 nitrogen and oxygen atoms in total. The summed E-state index contributed by atoms with van der Waals surface area (Å²) in [6.45, 7) is 8.26. The Hall–Kier alpha value is -1.04. The van der Waals surface area contributed by atoms with Crippen LogP contribution in [0.1, 0.15) is 31.4 Å². The molecule has 0 fully saturated rings. The summed E-state index contributed by atoms with van der Waals surface area (Å²) < 4.78 is 0. The summed E-state index contributed by atoms with van der Waals surface area (Å²) in [6.07, 6.45) is 4.34. The molecule has 0 saturated carbocycles. The van der Waals surface area contributed by atoms with E-state index < -0.39 is 0 Å². The molecule has 0 unspecified atom stereocenters. The molecule has 0 bridgehead atoms. The van der Waals surface area contributed by atoms with Gasteiger partial charge < -0.3 is 0 Å². The van der Waals surface area contributed by atoms with Crippen LogP contribution in [0.3, 0.4) is 0 Å². The Morgan fingerprint density at radius 1 is 1.23 bits per heavy atom. The van der Waals surface area contributed by atoms with Crippen LogP contribution in [0.4, 0.5) is 0 Å². The van der Waals surface area contributed by atoms with E-state index in [0.29, 0.717) is 0 Å². The zero-order valence-corrected chi connectivity index (χ0v) is 8.59. The second-order valence-corrected chi connectivity index (χ2v) is 3.88. The predicted octanol–water partition coefficient (Wildman–Crippen LogP) is 3.92. The number of rotatable bonds is 4. The van der Waals surface area contributed by atoms with E-state index in [0.717, 1.165) is 5.92 Å². The number of hydrogen-bond donors (Lipinski definition) is 0. The molecule has 0 atom stereocenters.